The zero-order valence-electron chi connectivity index (χ0n) is 27.3. The molecule has 3 unspecified atom stereocenters. The molecule has 244 valence electrons. The van der Waals surface area contributed by atoms with Crippen LogP contribution in [-0.4, -0.2) is 33.9 Å². The Labute approximate surface area is 274 Å². The summed E-state index contributed by atoms with van der Waals surface area (Å²) in [5.41, 5.74) is 8.68. The number of pyridine rings is 1. The number of nitrogen functional groups attached to an aromatic ring is 1. The summed E-state index contributed by atoms with van der Waals surface area (Å²) in [5, 5.41) is 10.8. The molecular formula is C39H42N2O6. The van der Waals surface area contributed by atoms with Crippen LogP contribution in [0.5, 0.6) is 5.75 Å². The van der Waals surface area contributed by atoms with Crippen LogP contribution in [0.3, 0.4) is 0 Å². The molecule has 2 aliphatic carbocycles. The molecule has 1 saturated carbocycles. The number of aliphatic hydroxyl groups is 1. The fraction of sp³-hybridized carbons (Fsp3) is 0.410. The third-order valence-corrected chi connectivity index (χ3v) is 11.1. The van der Waals surface area contributed by atoms with Crippen molar-refractivity contribution in [3.05, 3.63) is 111 Å². The van der Waals surface area contributed by atoms with E-state index in [0.717, 1.165) is 59.7 Å². The molecule has 3 aliphatic rings. The zero-order chi connectivity index (χ0) is 33.0. The number of aromatic nitrogens is 1. The van der Waals surface area contributed by atoms with Gasteiger partial charge in [0, 0.05) is 53.6 Å². The minimum atomic E-state index is -1.10. The standard InChI is InChI=1S/C39H42N2O6/c1-4-24(2)35(43)47-37(3)21-25-10-6-7-11-29(25)34(26-12-13-33(40)41-23-26)39(37)22-28-18-27-19-30(36(44)45-31(27)20-32(28)46-39)38(16-17-42)14-8-5-9-15-38/h4,6-7,10-13,18-20,23,34,42H,5,8-9,14-17,21-22H2,1-3H3,(H2,40,41). The highest BCUT2D eigenvalue weighted by Crippen LogP contribution is 2.57. The zero-order valence-corrected chi connectivity index (χ0v) is 27.3. The lowest BCUT2D eigenvalue weighted by molar-refractivity contribution is -0.184. The molecule has 4 aromatic rings. The monoisotopic (exact) mass is 634 g/mol. The molecule has 8 heteroatoms. The number of benzene rings is 2. The summed E-state index contributed by atoms with van der Waals surface area (Å²) >= 11 is 0. The molecule has 0 amide bonds. The fourth-order valence-electron chi connectivity index (χ4n) is 8.47. The lowest BCUT2D eigenvalue weighted by Crippen LogP contribution is -2.65. The molecule has 3 heterocycles. The van der Waals surface area contributed by atoms with Crippen molar-refractivity contribution in [2.45, 2.75) is 94.7 Å². The number of hydrogen-bond donors (Lipinski definition) is 2. The predicted molar refractivity (Wildman–Crippen MR) is 181 cm³/mol. The van der Waals surface area contributed by atoms with E-state index in [9.17, 15) is 14.7 Å². The molecule has 0 saturated heterocycles. The molecule has 3 atom stereocenters. The number of allylic oxidation sites excluding steroid dienone is 1. The number of hydrogen-bond acceptors (Lipinski definition) is 8. The van der Waals surface area contributed by atoms with Crippen LogP contribution in [0, 0.1) is 0 Å². The first-order valence-electron chi connectivity index (χ1n) is 16.7. The molecule has 2 aromatic carbocycles. The van der Waals surface area contributed by atoms with Crippen LogP contribution < -0.4 is 16.1 Å². The van der Waals surface area contributed by atoms with Crippen LogP contribution in [0.1, 0.15) is 93.0 Å². The number of carbonyl (C=O) groups is 1. The van der Waals surface area contributed by atoms with Crippen molar-refractivity contribution in [3.8, 4) is 5.75 Å². The number of fused-ring (bicyclic) bond motifs is 3. The van der Waals surface area contributed by atoms with Gasteiger partial charge in [0.05, 0.1) is 5.92 Å². The number of rotatable bonds is 6. The van der Waals surface area contributed by atoms with Crippen molar-refractivity contribution in [2.24, 2.45) is 0 Å². The van der Waals surface area contributed by atoms with Gasteiger partial charge in [-0.15, -0.1) is 0 Å². The SMILES string of the molecule is CC=C(C)C(=O)OC1(C)Cc2ccccc2C(c2ccc(N)nc2)C12Cc1cc3cc(C4(CCO)CCCCC4)c(=O)oc3cc1O2. The van der Waals surface area contributed by atoms with E-state index in [0.29, 0.717) is 47.5 Å². The second kappa shape index (κ2) is 11.7. The third-order valence-electron chi connectivity index (χ3n) is 11.1. The Morgan fingerprint density at radius 2 is 1.87 bits per heavy atom. The smallest absolute Gasteiger partial charge is 0.340 e. The molecule has 3 N–H and O–H groups in total. The van der Waals surface area contributed by atoms with E-state index in [1.807, 2.05) is 44.2 Å². The van der Waals surface area contributed by atoms with Gasteiger partial charge in [-0.3, -0.25) is 0 Å². The number of nitrogens with zero attached hydrogens (tertiary/aromatic N) is 1. The van der Waals surface area contributed by atoms with Gasteiger partial charge in [-0.25, -0.2) is 14.6 Å². The highest BCUT2D eigenvalue weighted by Gasteiger charge is 2.64. The second-order valence-electron chi connectivity index (χ2n) is 13.8. The highest BCUT2D eigenvalue weighted by atomic mass is 16.6. The van der Waals surface area contributed by atoms with E-state index in [-0.39, 0.29) is 18.2 Å². The molecule has 0 bridgehead atoms. The molecule has 8 nitrogen and oxygen atoms in total. The Hall–Kier alpha value is -4.43. The van der Waals surface area contributed by atoms with Gasteiger partial charge in [-0.05, 0) is 80.5 Å². The average molecular weight is 635 g/mol. The maximum atomic E-state index is 13.6. The molecule has 47 heavy (non-hydrogen) atoms. The first-order valence-corrected chi connectivity index (χ1v) is 16.7. The van der Waals surface area contributed by atoms with Crippen LogP contribution in [0.15, 0.2) is 81.7 Å². The summed E-state index contributed by atoms with van der Waals surface area (Å²) in [5.74, 6) is 0.241. The van der Waals surface area contributed by atoms with E-state index in [2.05, 4.69) is 23.2 Å². The minimum Gasteiger partial charge on any atom is -0.481 e. The number of ether oxygens (including phenoxy) is 2. The largest absolute Gasteiger partial charge is 0.481 e. The molecule has 1 fully saturated rings. The van der Waals surface area contributed by atoms with Crippen molar-refractivity contribution in [1.29, 1.82) is 0 Å². The van der Waals surface area contributed by atoms with Crippen molar-refractivity contribution in [2.75, 3.05) is 12.3 Å². The summed E-state index contributed by atoms with van der Waals surface area (Å²) in [6, 6.07) is 17.8. The molecule has 1 aliphatic heterocycles. The Morgan fingerprint density at radius 3 is 2.60 bits per heavy atom. The van der Waals surface area contributed by atoms with Gasteiger partial charge < -0.3 is 24.7 Å². The van der Waals surface area contributed by atoms with Crippen LogP contribution in [0.25, 0.3) is 11.0 Å². The Balaban J connectivity index is 1.41. The number of nitrogens with two attached hydrogens (primary N) is 1. The van der Waals surface area contributed by atoms with Crippen molar-refractivity contribution in [1.82, 2.24) is 4.98 Å². The Kier molecular flexibility index (Phi) is 7.74. The number of anilines is 1. The van der Waals surface area contributed by atoms with Crippen LogP contribution >= 0.6 is 0 Å². The lowest BCUT2D eigenvalue weighted by atomic mass is 9.60. The minimum absolute atomic E-state index is 0.0187. The average Bonchev–Trinajstić information content (AvgIpc) is 3.44. The molecule has 7 rings (SSSR count). The summed E-state index contributed by atoms with van der Waals surface area (Å²) in [6.07, 6.45) is 9.83. The quantitative estimate of drug-likeness (QED) is 0.137. The van der Waals surface area contributed by atoms with Crippen molar-refractivity contribution >= 4 is 22.8 Å². The van der Waals surface area contributed by atoms with Crippen LogP contribution in [0.2, 0.25) is 0 Å². The molecule has 2 aromatic heterocycles. The van der Waals surface area contributed by atoms with E-state index in [1.165, 1.54) is 0 Å². The highest BCUT2D eigenvalue weighted by molar-refractivity contribution is 5.88. The topological polar surface area (TPSA) is 125 Å². The van der Waals surface area contributed by atoms with E-state index in [1.54, 1.807) is 25.3 Å². The third kappa shape index (κ3) is 5.05. The second-order valence-corrected chi connectivity index (χ2v) is 13.8. The Bertz CT molecular complexity index is 1930. The summed E-state index contributed by atoms with van der Waals surface area (Å²) in [7, 11) is 0. The molecular weight excluding hydrogens is 592 g/mol. The van der Waals surface area contributed by atoms with Crippen molar-refractivity contribution < 1.29 is 23.8 Å². The van der Waals surface area contributed by atoms with Gasteiger partial charge in [0.15, 0.2) is 11.2 Å². The fourth-order valence-corrected chi connectivity index (χ4v) is 8.47. The lowest BCUT2D eigenvalue weighted by Gasteiger charge is -2.52. The van der Waals surface area contributed by atoms with Crippen LogP contribution in [0.4, 0.5) is 5.82 Å². The van der Waals surface area contributed by atoms with Gasteiger partial charge in [0.25, 0.3) is 0 Å². The van der Waals surface area contributed by atoms with E-state index >= 15 is 0 Å². The Morgan fingerprint density at radius 1 is 1.09 bits per heavy atom. The number of carbonyl (C=O) groups excluding carboxylic acids is 1. The van der Waals surface area contributed by atoms with Crippen molar-refractivity contribution in [3.63, 3.8) is 0 Å². The summed E-state index contributed by atoms with van der Waals surface area (Å²) in [6.45, 7) is 5.56. The van der Waals surface area contributed by atoms with Gasteiger partial charge >= 0.3 is 11.6 Å². The van der Waals surface area contributed by atoms with Gasteiger partial charge in [0.2, 0.25) is 0 Å². The van der Waals surface area contributed by atoms with Gasteiger partial charge in [0.1, 0.15) is 17.2 Å². The van der Waals surface area contributed by atoms with Crippen LogP contribution in [-0.2, 0) is 27.8 Å². The first kappa shape index (κ1) is 31.2. The van der Waals surface area contributed by atoms with Gasteiger partial charge in [-0.2, -0.15) is 0 Å². The summed E-state index contributed by atoms with van der Waals surface area (Å²) < 4.78 is 19.7. The number of aliphatic hydroxyl groups excluding tert-OH is 1. The maximum Gasteiger partial charge on any atom is 0.340 e. The van der Waals surface area contributed by atoms with Gasteiger partial charge in [-0.1, -0.05) is 55.7 Å². The normalized spacial score (nSPS) is 24.9. The van der Waals surface area contributed by atoms with E-state index < -0.39 is 22.6 Å². The maximum absolute atomic E-state index is 13.6. The number of esters is 1. The molecule has 0 radical (unpaired) electrons. The molecule has 1 spiro atoms. The predicted octanol–water partition coefficient (Wildman–Crippen LogP) is 6.68. The van der Waals surface area contributed by atoms with E-state index in [4.69, 9.17) is 19.6 Å². The first-order chi connectivity index (χ1) is 22.6. The summed E-state index contributed by atoms with van der Waals surface area (Å²) in [4.78, 5) is 31.5.